The van der Waals surface area contributed by atoms with Gasteiger partial charge in [0.05, 0.1) is 17.6 Å². The lowest BCUT2D eigenvalue weighted by Crippen LogP contribution is -2.11. The van der Waals surface area contributed by atoms with E-state index in [-0.39, 0.29) is 0 Å². The predicted molar refractivity (Wildman–Crippen MR) is 57.7 cm³/mol. The summed E-state index contributed by atoms with van der Waals surface area (Å²) in [4.78, 5) is 0. The fraction of sp³-hybridized carbons (Fsp3) is 0.500. The number of aryl methyl sites for hydroxylation is 1. The molecule has 6 nitrogen and oxygen atoms in total. The van der Waals surface area contributed by atoms with Gasteiger partial charge in [0.25, 0.3) is 0 Å². The summed E-state index contributed by atoms with van der Waals surface area (Å²) in [5, 5.41) is 15.1. The van der Waals surface area contributed by atoms with Gasteiger partial charge in [0, 0.05) is 12.6 Å². The minimum atomic E-state index is 0.569. The summed E-state index contributed by atoms with van der Waals surface area (Å²) in [6, 6.07) is 1.89. The molecule has 0 aliphatic heterocycles. The molecule has 0 fully saturated rings. The molecule has 2 heterocycles. The summed E-state index contributed by atoms with van der Waals surface area (Å²) < 4.78 is 6.85. The van der Waals surface area contributed by atoms with E-state index < -0.39 is 0 Å². The first-order chi connectivity index (χ1) is 7.78. The van der Waals surface area contributed by atoms with E-state index in [1.165, 1.54) is 0 Å². The van der Waals surface area contributed by atoms with E-state index in [0.717, 1.165) is 30.2 Å². The molecule has 0 aliphatic carbocycles. The number of hydrogen-bond donors (Lipinski definition) is 1. The second kappa shape index (κ2) is 4.89. The third kappa shape index (κ3) is 2.66. The fourth-order valence-corrected chi connectivity index (χ4v) is 1.40. The minimum absolute atomic E-state index is 0.569. The first-order valence-corrected chi connectivity index (χ1v) is 5.30. The van der Waals surface area contributed by atoms with Gasteiger partial charge < -0.3 is 9.84 Å². The molecule has 0 radical (unpaired) electrons. The van der Waals surface area contributed by atoms with Crippen molar-refractivity contribution in [2.24, 2.45) is 0 Å². The van der Waals surface area contributed by atoms with Crippen molar-refractivity contribution in [3.63, 3.8) is 0 Å². The van der Waals surface area contributed by atoms with Crippen LogP contribution in [0.5, 0.6) is 0 Å². The molecule has 0 atom stereocenters. The van der Waals surface area contributed by atoms with Crippen molar-refractivity contribution in [1.29, 1.82) is 0 Å². The average Bonchev–Trinajstić information content (AvgIpc) is 2.86. The second-order valence-electron chi connectivity index (χ2n) is 3.62. The van der Waals surface area contributed by atoms with Crippen molar-refractivity contribution in [3.05, 3.63) is 29.4 Å². The highest BCUT2D eigenvalue weighted by atomic mass is 16.5. The Morgan fingerprint density at radius 1 is 1.50 bits per heavy atom. The van der Waals surface area contributed by atoms with Gasteiger partial charge >= 0.3 is 0 Å². The van der Waals surface area contributed by atoms with E-state index in [4.69, 9.17) is 4.52 Å². The molecule has 0 amide bonds. The highest BCUT2D eigenvalue weighted by Crippen LogP contribution is 2.04. The van der Waals surface area contributed by atoms with E-state index in [1.807, 2.05) is 19.2 Å². The molecule has 2 aromatic rings. The van der Waals surface area contributed by atoms with Crippen LogP contribution in [0.1, 0.15) is 24.1 Å². The van der Waals surface area contributed by atoms with Gasteiger partial charge in [-0.1, -0.05) is 17.3 Å². The normalized spacial score (nSPS) is 10.9. The standard InChI is InChI=1S/C10H15N5O/c1-3-11-5-9-6-15(14-12-9)7-10-4-8(2)13-16-10/h4,6,11H,3,5,7H2,1-2H3. The summed E-state index contributed by atoms with van der Waals surface area (Å²) in [7, 11) is 0. The van der Waals surface area contributed by atoms with Gasteiger partial charge in [0.15, 0.2) is 5.76 Å². The Hall–Kier alpha value is -1.69. The lowest BCUT2D eigenvalue weighted by atomic mass is 10.4. The topological polar surface area (TPSA) is 68.8 Å². The molecule has 1 N–H and O–H groups in total. The largest absolute Gasteiger partial charge is 0.359 e. The summed E-state index contributed by atoms with van der Waals surface area (Å²) in [5.74, 6) is 0.789. The number of nitrogens with one attached hydrogen (secondary N) is 1. The summed E-state index contributed by atoms with van der Waals surface area (Å²) >= 11 is 0. The second-order valence-corrected chi connectivity index (χ2v) is 3.62. The Labute approximate surface area is 93.6 Å². The van der Waals surface area contributed by atoms with Crippen LogP contribution in [0.15, 0.2) is 16.8 Å². The van der Waals surface area contributed by atoms with Crippen LogP contribution in [0.4, 0.5) is 0 Å². The van der Waals surface area contributed by atoms with E-state index >= 15 is 0 Å². The van der Waals surface area contributed by atoms with Crippen LogP contribution in [0.3, 0.4) is 0 Å². The van der Waals surface area contributed by atoms with E-state index in [1.54, 1.807) is 4.68 Å². The molecule has 2 aromatic heterocycles. The molecule has 0 aromatic carbocycles. The zero-order valence-corrected chi connectivity index (χ0v) is 9.47. The quantitative estimate of drug-likeness (QED) is 0.806. The third-order valence-corrected chi connectivity index (χ3v) is 2.14. The molecule has 0 spiro atoms. The zero-order chi connectivity index (χ0) is 11.4. The van der Waals surface area contributed by atoms with Crippen molar-refractivity contribution in [2.75, 3.05) is 6.54 Å². The Kier molecular flexibility index (Phi) is 3.31. The minimum Gasteiger partial charge on any atom is -0.359 e. The predicted octanol–water partition coefficient (Wildman–Crippen LogP) is 0.732. The van der Waals surface area contributed by atoms with Crippen LogP contribution in [0.25, 0.3) is 0 Å². The van der Waals surface area contributed by atoms with Crippen molar-refractivity contribution in [3.8, 4) is 0 Å². The number of rotatable bonds is 5. The SMILES string of the molecule is CCNCc1cn(Cc2cc(C)no2)nn1. The molecule has 0 unspecified atom stereocenters. The van der Waals surface area contributed by atoms with Crippen molar-refractivity contribution < 1.29 is 4.52 Å². The van der Waals surface area contributed by atoms with Gasteiger partial charge in [-0.25, -0.2) is 4.68 Å². The monoisotopic (exact) mass is 221 g/mol. The van der Waals surface area contributed by atoms with Gasteiger partial charge in [-0.3, -0.25) is 0 Å². The molecular weight excluding hydrogens is 206 g/mol. The van der Waals surface area contributed by atoms with Crippen LogP contribution in [0, 0.1) is 6.92 Å². The lowest BCUT2D eigenvalue weighted by Gasteiger charge is -1.95. The number of nitrogens with zero attached hydrogens (tertiary/aromatic N) is 4. The molecular formula is C10H15N5O. The van der Waals surface area contributed by atoms with E-state index in [2.05, 4.69) is 27.7 Å². The first kappa shape index (κ1) is 10.8. The number of aromatic nitrogens is 4. The molecule has 16 heavy (non-hydrogen) atoms. The Morgan fingerprint density at radius 3 is 3.06 bits per heavy atom. The lowest BCUT2D eigenvalue weighted by molar-refractivity contribution is 0.367. The highest BCUT2D eigenvalue weighted by molar-refractivity contribution is 5.03. The molecule has 0 saturated heterocycles. The Bertz CT molecular complexity index is 448. The zero-order valence-electron chi connectivity index (χ0n) is 9.47. The summed E-state index contributed by atoms with van der Waals surface area (Å²) in [6.07, 6.45) is 1.90. The van der Waals surface area contributed by atoms with E-state index in [9.17, 15) is 0 Å². The maximum Gasteiger partial charge on any atom is 0.158 e. The van der Waals surface area contributed by atoms with Gasteiger partial charge in [-0.2, -0.15) is 0 Å². The Balaban J connectivity index is 1.97. The Morgan fingerprint density at radius 2 is 2.38 bits per heavy atom. The molecule has 6 heteroatoms. The molecule has 86 valence electrons. The van der Waals surface area contributed by atoms with Gasteiger partial charge in [-0.05, 0) is 13.5 Å². The van der Waals surface area contributed by atoms with Crippen LogP contribution >= 0.6 is 0 Å². The first-order valence-electron chi connectivity index (χ1n) is 5.30. The summed E-state index contributed by atoms with van der Waals surface area (Å²) in [5.41, 5.74) is 1.81. The van der Waals surface area contributed by atoms with Gasteiger partial charge in [0.2, 0.25) is 0 Å². The van der Waals surface area contributed by atoms with Crippen molar-refractivity contribution >= 4 is 0 Å². The van der Waals surface area contributed by atoms with Gasteiger partial charge in [0.1, 0.15) is 6.54 Å². The third-order valence-electron chi connectivity index (χ3n) is 2.14. The number of hydrogen-bond acceptors (Lipinski definition) is 5. The van der Waals surface area contributed by atoms with Crippen LogP contribution in [-0.4, -0.2) is 26.7 Å². The molecule has 0 bridgehead atoms. The average molecular weight is 221 g/mol. The maximum atomic E-state index is 5.10. The highest BCUT2D eigenvalue weighted by Gasteiger charge is 2.04. The van der Waals surface area contributed by atoms with Crippen LogP contribution in [-0.2, 0) is 13.1 Å². The van der Waals surface area contributed by atoms with Gasteiger partial charge in [-0.15, -0.1) is 5.10 Å². The molecule has 0 aliphatic rings. The molecule has 0 saturated carbocycles. The maximum absolute atomic E-state index is 5.10. The summed E-state index contributed by atoms with van der Waals surface area (Å²) in [6.45, 7) is 6.19. The fourth-order valence-electron chi connectivity index (χ4n) is 1.40. The molecule has 2 rings (SSSR count). The van der Waals surface area contributed by atoms with Crippen molar-refractivity contribution in [1.82, 2.24) is 25.5 Å². The van der Waals surface area contributed by atoms with E-state index in [0.29, 0.717) is 6.54 Å². The van der Waals surface area contributed by atoms with Crippen LogP contribution in [0.2, 0.25) is 0 Å². The van der Waals surface area contributed by atoms with Crippen LogP contribution < -0.4 is 5.32 Å². The smallest absolute Gasteiger partial charge is 0.158 e. The van der Waals surface area contributed by atoms with Crippen molar-refractivity contribution in [2.45, 2.75) is 26.9 Å².